The third kappa shape index (κ3) is 5.90. The van der Waals surface area contributed by atoms with E-state index in [0.717, 1.165) is 0 Å². The van der Waals surface area contributed by atoms with Gasteiger partial charge in [-0.15, -0.1) is 0 Å². The van der Waals surface area contributed by atoms with Gasteiger partial charge in [0.05, 0.1) is 29.7 Å². The zero-order valence-electron chi connectivity index (χ0n) is 15.5. The Kier molecular flexibility index (Phi) is 7.92. The highest BCUT2D eigenvalue weighted by Gasteiger charge is 2.21. The fourth-order valence-electron chi connectivity index (χ4n) is 2.41. The lowest BCUT2D eigenvalue weighted by atomic mass is 10.2. The van der Waals surface area contributed by atoms with Gasteiger partial charge in [-0.2, -0.15) is 5.26 Å². The van der Waals surface area contributed by atoms with E-state index in [0.29, 0.717) is 30.2 Å². The quantitative estimate of drug-likeness (QED) is 0.472. The summed E-state index contributed by atoms with van der Waals surface area (Å²) >= 11 is 5.73. The highest BCUT2D eigenvalue weighted by atomic mass is 35.5. The van der Waals surface area contributed by atoms with Crippen molar-refractivity contribution < 1.29 is 27.8 Å². The molecular formula is C20H17ClF2N2O4. The lowest BCUT2D eigenvalue weighted by Crippen LogP contribution is -2.35. The van der Waals surface area contributed by atoms with Gasteiger partial charge in [-0.05, 0) is 43.3 Å². The normalized spacial score (nSPS) is 10.2. The van der Waals surface area contributed by atoms with E-state index in [4.69, 9.17) is 26.3 Å². The van der Waals surface area contributed by atoms with E-state index in [-0.39, 0.29) is 18.0 Å². The van der Waals surface area contributed by atoms with Crippen LogP contribution >= 0.6 is 11.6 Å². The Morgan fingerprint density at radius 1 is 1.17 bits per heavy atom. The molecule has 2 aromatic carbocycles. The molecule has 0 aromatic heterocycles. The number of esters is 1. The number of nitriles is 1. The van der Waals surface area contributed by atoms with Crippen LogP contribution in [0.5, 0.6) is 5.75 Å². The van der Waals surface area contributed by atoms with Gasteiger partial charge in [0.25, 0.3) is 5.91 Å². The first-order valence-corrected chi connectivity index (χ1v) is 8.97. The number of anilines is 1. The largest absolute Gasteiger partial charge is 0.494 e. The molecule has 0 aliphatic rings. The molecule has 0 bridgehead atoms. The molecule has 0 spiro atoms. The van der Waals surface area contributed by atoms with Gasteiger partial charge in [0.2, 0.25) is 0 Å². The Labute approximate surface area is 171 Å². The molecule has 0 heterocycles. The molecule has 1 amide bonds. The number of rotatable bonds is 8. The Morgan fingerprint density at radius 2 is 1.83 bits per heavy atom. The molecule has 152 valence electrons. The van der Waals surface area contributed by atoms with Crippen molar-refractivity contribution in [3.05, 3.63) is 58.6 Å². The van der Waals surface area contributed by atoms with E-state index >= 15 is 0 Å². The average molecular weight is 423 g/mol. The fraction of sp³-hybridized carbons (Fsp3) is 0.250. The van der Waals surface area contributed by atoms with Crippen molar-refractivity contribution in [2.75, 3.05) is 24.7 Å². The summed E-state index contributed by atoms with van der Waals surface area (Å²) in [4.78, 5) is 25.9. The Bertz CT molecular complexity index is 929. The Morgan fingerprint density at radius 3 is 2.45 bits per heavy atom. The van der Waals surface area contributed by atoms with E-state index in [1.165, 1.54) is 4.90 Å². The number of carbonyl (C=O) groups is 2. The van der Waals surface area contributed by atoms with Crippen molar-refractivity contribution in [1.82, 2.24) is 0 Å². The molecule has 0 saturated heterocycles. The van der Waals surface area contributed by atoms with Gasteiger partial charge >= 0.3 is 5.97 Å². The van der Waals surface area contributed by atoms with Gasteiger partial charge in [-0.25, -0.2) is 13.6 Å². The third-order valence-electron chi connectivity index (χ3n) is 3.76. The zero-order chi connectivity index (χ0) is 21.4. The first-order chi connectivity index (χ1) is 13.9. The zero-order valence-corrected chi connectivity index (χ0v) is 16.2. The van der Waals surface area contributed by atoms with Gasteiger partial charge in [0.15, 0.2) is 18.2 Å². The molecule has 9 heteroatoms. The predicted molar refractivity (Wildman–Crippen MR) is 102 cm³/mol. The summed E-state index contributed by atoms with van der Waals surface area (Å²) in [6.07, 6.45) is 0.0574. The fourth-order valence-corrected chi connectivity index (χ4v) is 2.64. The molecule has 2 aromatic rings. The molecule has 6 nitrogen and oxygen atoms in total. The molecule has 29 heavy (non-hydrogen) atoms. The van der Waals surface area contributed by atoms with Crippen LogP contribution in [0.3, 0.4) is 0 Å². The molecule has 2 rings (SSSR count). The van der Waals surface area contributed by atoms with Crippen LogP contribution in [0.2, 0.25) is 5.02 Å². The Balaban J connectivity index is 2.10. The van der Waals surface area contributed by atoms with Crippen LogP contribution in [-0.2, 0) is 9.53 Å². The average Bonchev–Trinajstić information content (AvgIpc) is 2.70. The maximum absolute atomic E-state index is 13.3. The second-order valence-corrected chi connectivity index (χ2v) is 6.11. The number of benzene rings is 2. The van der Waals surface area contributed by atoms with Crippen LogP contribution in [0.25, 0.3) is 0 Å². The Hall–Kier alpha value is -3.18. The van der Waals surface area contributed by atoms with Crippen LogP contribution < -0.4 is 9.64 Å². The van der Waals surface area contributed by atoms with Crippen LogP contribution in [0, 0.1) is 23.0 Å². The minimum atomic E-state index is -1.27. The van der Waals surface area contributed by atoms with E-state index in [2.05, 4.69) is 0 Å². The molecule has 0 N–H and O–H groups in total. The molecule has 0 radical (unpaired) electrons. The highest BCUT2D eigenvalue weighted by Crippen LogP contribution is 2.22. The lowest BCUT2D eigenvalue weighted by molar-refractivity contribution is -0.121. The van der Waals surface area contributed by atoms with Crippen molar-refractivity contribution >= 4 is 29.2 Å². The van der Waals surface area contributed by atoms with Crippen molar-refractivity contribution in [3.63, 3.8) is 0 Å². The highest BCUT2D eigenvalue weighted by molar-refractivity contribution is 6.33. The van der Waals surface area contributed by atoms with Crippen molar-refractivity contribution in [2.24, 2.45) is 0 Å². The number of ether oxygens (including phenoxy) is 2. The minimum absolute atomic E-state index is 0.0574. The molecule has 0 atom stereocenters. The number of halogens is 3. The number of carbonyl (C=O) groups excluding carboxylic acids is 2. The van der Waals surface area contributed by atoms with Crippen LogP contribution in [0.1, 0.15) is 23.7 Å². The summed E-state index contributed by atoms with van der Waals surface area (Å²) in [5.41, 5.74) is 0.0821. The second-order valence-electron chi connectivity index (χ2n) is 5.70. The van der Waals surface area contributed by atoms with E-state index in [1.807, 2.05) is 13.0 Å². The summed E-state index contributed by atoms with van der Waals surface area (Å²) < 4.78 is 36.7. The monoisotopic (exact) mass is 422 g/mol. The number of hydrogen-bond donors (Lipinski definition) is 0. The van der Waals surface area contributed by atoms with Crippen molar-refractivity contribution in [2.45, 2.75) is 13.3 Å². The van der Waals surface area contributed by atoms with Gasteiger partial charge in [-0.3, -0.25) is 4.79 Å². The van der Waals surface area contributed by atoms with Crippen molar-refractivity contribution in [1.29, 1.82) is 5.26 Å². The summed E-state index contributed by atoms with van der Waals surface area (Å²) in [6, 6.07) is 9.79. The maximum atomic E-state index is 13.3. The van der Waals surface area contributed by atoms with E-state index in [1.54, 1.807) is 24.3 Å². The summed E-state index contributed by atoms with van der Waals surface area (Å²) in [5.74, 6) is -3.53. The smallest absolute Gasteiger partial charge is 0.340 e. The molecule has 0 unspecified atom stereocenters. The second kappa shape index (κ2) is 10.4. The molecule has 0 aliphatic heterocycles. The standard InChI is InChI=1S/C20H17ClF2N2O4/c1-2-28-14-6-4-13(5-7-14)25(9-3-8-24)19(26)12-29-20(27)15-10-17(22)18(23)11-16(15)21/h4-7,10-11H,2-3,9,12H2,1H3. The van der Waals surface area contributed by atoms with Gasteiger partial charge in [-0.1, -0.05) is 11.6 Å². The number of hydrogen-bond acceptors (Lipinski definition) is 5. The predicted octanol–water partition coefficient (Wildman–Crippen LogP) is 4.12. The SMILES string of the molecule is CCOc1ccc(N(CCC#N)C(=O)COC(=O)c2cc(F)c(F)cc2Cl)cc1. The first kappa shape index (κ1) is 22.1. The minimum Gasteiger partial charge on any atom is -0.494 e. The topological polar surface area (TPSA) is 79.6 Å². The lowest BCUT2D eigenvalue weighted by Gasteiger charge is -2.22. The number of amides is 1. The molecule has 0 aliphatic carbocycles. The van der Waals surface area contributed by atoms with Crippen LogP contribution in [-0.4, -0.2) is 31.6 Å². The van der Waals surface area contributed by atoms with E-state index in [9.17, 15) is 18.4 Å². The summed E-state index contributed by atoms with van der Waals surface area (Å²) in [6.45, 7) is 1.72. The third-order valence-corrected chi connectivity index (χ3v) is 4.08. The van der Waals surface area contributed by atoms with Crippen molar-refractivity contribution in [3.8, 4) is 11.8 Å². The van der Waals surface area contributed by atoms with Gasteiger partial charge < -0.3 is 14.4 Å². The molecule has 0 saturated carbocycles. The number of nitrogens with zero attached hydrogens (tertiary/aromatic N) is 2. The molecule has 0 fully saturated rings. The van der Waals surface area contributed by atoms with Gasteiger partial charge in [0, 0.05) is 12.2 Å². The first-order valence-electron chi connectivity index (χ1n) is 8.59. The summed E-state index contributed by atoms with van der Waals surface area (Å²) in [5, 5.41) is 8.49. The maximum Gasteiger partial charge on any atom is 0.340 e. The molecular weight excluding hydrogens is 406 g/mol. The van der Waals surface area contributed by atoms with Gasteiger partial charge in [0.1, 0.15) is 5.75 Å². The van der Waals surface area contributed by atoms with E-state index < -0.39 is 35.7 Å². The van der Waals surface area contributed by atoms with Crippen LogP contribution in [0.4, 0.5) is 14.5 Å². The summed E-state index contributed by atoms with van der Waals surface area (Å²) in [7, 11) is 0. The van der Waals surface area contributed by atoms with Crippen LogP contribution in [0.15, 0.2) is 36.4 Å².